The molecular weight excluding hydrogens is 420 g/mol. The number of hydrogen-bond donors (Lipinski definition) is 0. The Hall–Kier alpha value is -3.71. The van der Waals surface area contributed by atoms with Gasteiger partial charge >= 0.3 is 0 Å². The van der Waals surface area contributed by atoms with E-state index in [1.165, 1.54) is 11.0 Å². The number of nitrogens with zero attached hydrogens (tertiary/aromatic N) is 2. The molecule has 2 aliphatic rings. The lowest BCUT2D eigenvalue weighted by molar-refractivity contribution is 0.0475. The quantitative estimate of drug-likeness (QED) is 0.517. The molecule has 33 heavy (non-hydrogen) atoms. The van der Waals surface area contributed by atoms with Crippen LogP contribution < -0.4 is 0 Å². The first kappa shape index (κ1) is 21.2. The highest BCUT2D eigenvalue weighted by atomic mass is 16.5. The van der Waals surface area contributed by atoms with Gasteiger partial charge in [-0.2, -0.15) is 0 Å². The Kier molecular flexibility index (Phi) is 5.79. The van der Waals surface area contributed by atoms with Crippen LogP contribution in [0.15, 0.2) is 71.3 Å². The van der Waals surface area contributed by atoms with Gasteiger partial charge in [-0.25, -0.2) is 0 Å². The van der Waals surface area contributed by atoms with Gasteiger partial charge in [0.15, 0.2) is 0 Å². The highest BCUT2D eigenvalue weighted by Crippen LogP contribution is 2.27. The number of carbonyl (C=O) groups excluding carboxylic acids is 3. The van der Waals surface area contributed by atoms with E-state index in [-0.39, 0.29) is 42.5 Å². The molecule has 168 valence electrons. The first-order valence-electron chi connectivity index (χ1n) is 11.1. The molecule has 3 amide bonds. The third kappa shape index (κ3) is 4.32. The average molecular weight is 444 g/mol. The van der Waals surface area contributed by atoms with Gasteiger partial charge in [-0.05, 0) is 48.7 Å². The second kappa shape index (κ2) is 9.03. The SMILES string of the molecule is O=C(c1ccc2c(c1)C(=O)N(CC1CCCO1)C2=O)N(Cc1ccccc1)Cc1ccco1. The third-order valence-corrected chi connectivity index (χ3v) is 6.06. The molecule has 0 radical (unpaired) electrons. The van der Waals surface area contributed by atoms with Crippen LogP contribution in [0.25, 0.3) is 0 Å². The first-order chi connectivity index (χ1) is 16.1. The van der Waals surface area contributed by atoms with Gasteiger partial charge in [0.05, 0.1) is 36.6 Å². The number of benzene rings is 2. The number of imide groups is 1. The molecule has 3 aromatic rings. The van der Waals surface area contributed by atoms with Crippen molar-refractivity contribution in [3.8, 4) is 0 Å². The average Bonchev–Trinajstić information content (AvgIpc) is 3.59. The van der Waals surface area contributed by atoms with Gasteiger partial charge in [-0.3, -0.25) is 19.3 Å². The molecule has 3 heterocycles. The molecule has 0 saturated carbocycles. The molecule has 2 aliphatic heterocycles. The normalized spacial score (nSPS) is 17.5. The van der Waals surface area contributed by atoms with E-state index in [0.29, 0.717) is 30.0 Å². The van der Waals surface area contributed by atoms with E-state index in [0.717, 1.165) is 18.4 Å². The molecule has 1 atom stereocenters. The van der Waals surface area contributed by atoms with Crippen LogP contribution in [0.4, 0.5) is 0 Å². The molecule has 5 rings (SSSR count). The monoisotopic (exact) mass is 444 g/mol. The minimum atomic E-state index is -0.374. The van der Waals surface area contributed by atoms with Crippen LogP contribution >= 0.6 is 0 Å². The van der Waals surface area contributed by atoms with E-state index in [2.05, 4.69) is 0 Å². The minimum Gasteiger partial charge on any atom is -0.467 e. The third-order valence-electron chi connectivity index (χ3n) is 6.06. The summed E-state index contributed by atoms with van der Waals surface area (Å²) in [6.07, 6.45) is 3.21. The summed E-state index contributed by atoms with van der Waals surface area (Å²) in [4.78, 5) is 42.2. The predicted molar refractivity (Wildman–Crippen MR) is 120 cm³/mol. The van der Waals surface area contributed by atoms with E-state index in [1.807, 2.05) is 36.4 Å². The van der Waals surface area contributed by atoms with E-state index in [1.54, 1.807) is 29.4 Å². The smallest absolute Gasteiger partial charge is 0.261 e. The van der Waals surface area contributed by atoms with Crippen LogP contribution in [-0.2, 0) is 17.8 Å². The number of fused-ring (bicyclic) bond motifs is 1. The predicted octanol–water partition coefficient (Wildman–Crippen LogP) is 3.90. The van der Waals surface area contributed by atoms with Crippen molar-refractivity contribution in [2.75, 3.05) is 13.2 Å². The lowest BCUT2D eigenvalue weighted by Crippen LogP contribution is -2.36. The Bertz CT molecular complexity index is 1170. The zero-order valence-electron chi connectivity index (χ0n) is 18.1. The summed E-state index contributed by atoms with van der Waals surface area (Å²) in [5, 5.41) is 0. The van der Waals surface area contributed by atoms with Crippen LogP contribution in [0.1, 0.15) is 55.2 Å². The maximum absolute atomic E-state index is 13.5. The van der Waals surface area contributed by atoms with Gasteiger partial charge in [0.1, 0.15) is 5.76 Å². The molecule has 7 heteroatoms. The molecule has 7 nitrogen and oxygen atoms in total. The topological polar surface area (TPSA) is 80.1 Å². The fourth-order valence-electron chi connectivity index (χ4n) is 4.36. The number of amides is 3. The van der Waals surface area contributed by atoms with E-state index in [4.69, 9.17) is 9.15 Å². The van der Waals surface area contributed by atoms with Gasteiger partial charge in [-0.15, -0.1) is 0 Å². The van der Waals surface area contributed by atoms with Crippen molar-refractivity contribution in [2.24, 2.45) is 0 Å². The summed E-state index contributed by atoms with van der Waals surface area (Å²) >= 11 is 0. The Morgan fingerprint density at radius 2 is 1.79 bits per heavy atom. The maximum atomic E-state index is 13.5. The van der Waals surface area contributed by atoms with Crippen molar-refractivity contribution in [3.05, 3.63) is 94.9 Å². The summed E-state index contributed by atoms with van der Waals surface area (Å²) in [6, 6.07) is 18.0. The molecule has 0 N–H and O–H groups in total. The van der Waals surface area contributed by atoms with Crippen molar-refractivity contribution in [1.29, 1.82) is 0 Å². The fraction of sp³-hybridized carbons (Fsp3) is 0.269. The highest BCUT2D eigenvalue weighted by Gasteiger charge is 2.38. The molecular formula is C26H24N2O5. The summed E-state index contributed by atoms with van der Waals surface area (Å²) in [5.41, 5.74) is 1.93. The molecule has 2 aromatic carbocycles. The number of rotatable bonds is 7. The first-order valence-corrected chi connectivity index (χ1v) is 11.1. The molecule has 0 aliphatic carbocycles. The van der Waals surface area contributed by atoms with Gasteiger partial charge in [-0.1, -0.05) is 30.3 Å². The molecule has 1 aromatic heterocycles. The molecule has 0 bridgehead atoms. The Morgan fingerprint density at radius 1 is 0.970 bits per heavy atom. The van der Waals surface area contributed by atoms with Crippen LogP contribution in [0.3, 0.4) is 0 Å². The number of ether oxygens (including phenoxy) is 1. The van der Waals surface area contributed by atoms with E-state index >= 15 is 0 Å². The van der Waals surface area contributed by atoms with Gasteiger partial charge < -0.3 is 14.1 Å². The van der Waals surface area contributed by atoms with Gasteiger partial charge in [0, 0.05) is 18.7 Å². The van der Waals surface area contributed by atoms with E-state index < -0.39 is 0 Å². The largest absolute Gasteiger partial charge is 0.467 e. The Balaban J connectivity index is 1.40. The van der Waals surface area contributed by atoms with Gasteiger partial charge in [0.25, 0.3) is 17.7 Å². The van der Waals surface area contributed by atoms with E-state index in [9.17, 15) is 14.4 Å². The van der Waals surface area contributed by atoms with Crippen molar-refractivity contribution in [3.63, 3.8) is 0 Å². The summed E-state index contributed by atoms with van der Waals surface area (Å²) in [6.45, 7) is 1.57. The zero-order valence-corrected chi connectivity index (χ0v) is 18.1. The summed E-state index contributed by atoms with van der Waals surface area (Å²) < 4.78 is 11.1. The van der Waals surface area contributed by atoms with Crippen molar-refractivity contribution >= 4 is 17.7 Å². The lowest BCUT2D eigenvalue weighted by Gasteiger charge is -2.22. The van der Waals surface area contributed by atoms with Crippen LogP contribution in [0.5, 0.6) is 0 Å². The second-order valence-corrected chi connectivity index (χ2v) is 8.34. The van der Waals surface area contributed by atoms with Gasteiger partial charge in [0.2, 0.25) is 0 Å². The van der Waals surface area contributed by atoms with Crippen LogP contribution in [0.2, 0.25) is 0 Å². The van der Waals surface area contributed by atoms with Crippen LogP contribution in [0, 0.1) is 0 Å². The number of carbonyl (C=O) groups is 3. The second-order valence-electron chi connectivity index (χ2n) is 8.34. The fourth-order valence-corrected chi connectivity index (χ4v) is 4.36. The van der Waals surface area contributed by atoms with Crippen LogP contribution in [-0.4, -0.2) is 46.8 Å². The Labute approximate surface area is 191 Å². The summed E-state index contributed by atoms with van der Waals surface area (Å²) in [7, 11) is 0. The summed E-state index contributed by atoms with van der Waals surface area (Å²) in [5.74, 6) is -0.285. The molecule has 1 unspecified atom stereocenters. The lowest BCUT2D eigenvalue weighted by atomic mass is 10.0. The van der Waals surface area contributed by atoms with Crippen molar-refractivity contribution in [1.82, 2.24) is 9.80 Å². The molecule has 1 saturated heterocycles. The minimum absolute atomic E-state index is 0.122. The molecule has 1 fully saturated rings. The number of furan rings is 1. The highest BCUT2D eigenvalue weighted by molar-refractivity contribution is 6.22. The maximum Gasteiger partial charge on any atom is 0.261 e. The zero-order chi connectivity index (χ0) is 22.8. The van der Waals surface area contributed by atoms with Crippen molar-refractivity contribution < 1.29 is 23.5 Å². The van der Waals surface area contributed by atoms with Crippen molar-refractivity contribution in [2.45, 2.75) is 32.0 Å². The number of hydrogen-bond acceptors (Lipinski definition) is 5. The Morgan fingerprint density at radius 3 is 2.52 bits per heavy atom. The standard InChI is InChI=1S/C26H24N2O5/c29-24(27(16-20-8-4-12-32-20)15-18-6-2-1-3-7-18)19-10-11-22-23(14-19)26(31)28(25(22)30)17-21-9-5-13-33-21/h1-4,6-8,10-12,14,21H,5,9,13,15-17H2. The molecule has 0 spiro atoms.